The minimum absolute atomic E-state index is 0.0838. The summed E-state index contributed by atoms with van der Waals surface area (Å²) in [4.78, 5) is 0. The van der Waals surface area contributed by atoms with E-state index in [1.165, 1.54) is 12.1 Å². The molecule has 3 atom stereocenters. The van der Waals surface area contributed by atoms with E-state index in [0.29, 0.717) is 12.2 Å². The van der Waals surface area contributed by atoms with E-state index in [-0.39, 0.29) is 17.8 Å². The maximum absolute atomic E-state index is 13.2. The molecule has 0 saturated carbocycles. The standard InChI is InChI=1S/C14H19FO2/c1-3-13-11(6-7-17-13)14(16)12-8-10(15)5-4-9(12)2/h4-5,8,11,13-14,16H,3,6-7H2,1-2H3. The van der Waals surface area contributed by atoms with Crippen molar-refractivity contribution < 1.29 is 14.2 Å². The Bertz CT molecular complexity index is 392. The summed E-state index contributed by atoms with van der Waals surface area (Å²) in [6, 6.07) is 4.57. The van der Waals surface area contributed by atoms with Crippen LogP contribution in [0.25, 0.3) is 0 Å². The lowest BCUT2D eigenvalue weighted by Gasteiger charge is -2.24. The van der Waals surface area contributed by atoms with Gasteiger partial charge in [0.15, 0.2) is 0 Å². The Labute approximate surface area is 101 Å². The van der Waals surface area contributed by atoms with Gasteiger partial charge in [-0.05, 0) is 43.0 Å². The Kier molecular flexibility index (Phi) is 3.79. The van der Waals surface area contributed by atoms with Gasteiger partial charge in [-0.1, -0.05) is 13.0 Å². The zero-order valence-electron chi connectivity index (χ0n) is 10.3. The van der Waals surface area contributed by atoms with Crippen LogP contribution >= 0.6 is 0 Å². The van der Waals surface area contributed by atoms with E-state index in [0.717, 1.165) is 18.4 Å². The van der Waals surface area contributed by atoms with Crippen molar-refractivity contribution >= 4 is 0 Å². The molecule has 0 bridgehead atoms. The third-order valence-electron chi connectivity index (χ3n) is 3.63. The summed E-state index contributed by atoms with van der Waals surface area (Å²) in [7, 11) is 0. The van der Waals surface area contributed by atoms with Gasteiger partial charge < -0.3 is 9.84 Å². The lowest BCUT2D eigenvalue weighted by Crippen LogP contribution is -2.22. The minimum Gasteiger partial charge on any atom is -0.388 e. The molecule has 3 heteroatoms. The molecule has 94 valence electrons. The van der Waals surface area contributed by atoms with Crippen LogP contribution in [0.3, 0.4) is 0 Å². The quantitative estimate of drug-likeness (QED) is 0.877. The largest absolute Gasteiger partial charge is 0.388 e. The molecule has 0 aromatic heterocycles. The van der Waals surface area contributed by atoms with E-state index in [1.54, 1.807) is 6.07 Å². The van der Waals surface area contributed by atoms with Crippen molar-refractivity contribution in [2.45, 2.75) is 38.9 Å². The van der Waals surface area contributed by atoms with Gasteiger partial charge in [-0.2, -0.15) is 0 Å². The van der Waals surface area contributed by atoms with Crippen molar-refractivity contribution in [1.82, 2.24) is 0 Å². The summed E-state index contributed by atoms with van der Waals surface area (Å²) < 4.78 is 18.8. The monoisotopic (exact) mass is 238 g/mol. The molecule has 0 aliphatic carbocycles. The first kappa shape index (κ1) is 12.5. The maximum atomic E-state index is 13.2. The summed E-state index contributed by atoms with van der Waals surface area (Å²) in [5, 5.41) is 10.4. The molecule has 1 aromatic rings. The van der Waals surface area contributed by atoms with Crippen molar-refractivity contribution in [3.63, 3.8) is 0 Å². The third-order valence-corrected chi connectivity index (χ3v) is 3.63. The Morgan fingerprint density at radius 1 is 1.53 bits per heavy atom. The molecule has 0 spiro atoms. The second kappa shape index (κ2) is 5.15. The van der Waals surface area contributed by atoms with E-state index in [9.17, 15) is 9.50 Å². The molecule has 0 radical (unpaired) electrons. The summed E-state index contributed by atoms with van der Waals surface area (Å²) in [6.07, 6.45) is 1.19. The van der Waals surface area contributed by atoms with Crippen molar-refractivity contribution in [3.05, 3.63) is 35.1 Å². The molecule has 1 aromatic carbocycles. The number of hydrogen-bond acceptors (Lipinski definition) is 2. The fourth-order valence-corrected chi connectivity index (χ4v) is 2.61. The number of rotatable bonds is 3. The molecule has 1 N–H and O–H groups in total. The van der Waals surface area contributed by atoms with Crippen molar-refractivity contribution in [2.24, 2.45) is 5.92 Å². The minimum atomic E-state index is -0.627. The van der Waals surface area contributed by atoms with Crippen LogP contribution in [0.15, 0.2) is 18.2 Å². The molecule has 2 rings (SSSR count). The van der Waals surface area contributed by atoms with Crippen LogP contribution in [0.4, 0.5) is 4.39 Å². The summed E-state index contributed by atoms with van der Waals surface area (Å²) in [6.45, 7) is 4.64. The van der Waals surface area contributed by atoms with Gasteiger partial charge in [0.05, 0.1) is 12.2 Å². The van der Waals surface area contributed by atoms with Gasteiger partial charge >= 0.3 is 0 Å². The van der Waals surface area contributed by atoms with Crippen LogP contribution in [0, 0.1) is 18.7 Å². The summed E-state index contributed by atoms with van der Waals surface area (Å²) in [5.74, 6) is -0.211. The Morgan fingerprint density at radius 2 is 2.29 bits per heavy atom. The zero-order chi connectivity index (χ0) is 12.4. The van der Waals surface area contributed by atoms with Crippen LogP contribution in [0.2, 0.25) is 0 Å². The molecule has 2 nitrogen and oxygen atoms in total. The predicted octanol–water partition coefficient (Wildman–Crippen LogP) is 2.98. The molecule has 1 heterocycles. The maximum Gasteiger partial charge on any atom is 0.123 e. The summed E-state index contributed by atoms with van der Waals surface area (Å²) in [5.41, 5.74) is 1.62. The second-order valence-corrected chi connectivity index (χ2v) is 4.72. The molecular formula is C14H19FO2. The average Bonchev–Trinajstić information content (AvgIpc) is 2.79. The van der Waals surface area contributed by atoms with Crippen molar-refractivity contribution in [1.29, 1.82) is 0 Å². The third kappa shape index (κ3) is 2.50. The van der Waals surface area contributed by atoms with Crippen LogP contribution in [0.5, 0.6) is 0 Å². The van der Waals surface area contributed by atoms with Crippen LogP contribution in [0.1, 0.15) is 37.0 Å². The number of benzene rings is 1. The summed E-state index contributed by atoms with van der Waals surface area (Å²) >= 11 is 0. The van der Waals surface area contributed by atoms with E-state index < -0.39 is 6.10 Å². The van der Waals surface area contributed by atoms with Crippen molar-refractivity contribution in [2.75, 3.05) is 6.61 Å². The van der Waals surface area contributed by atoms with Gasteiger partial charge in [0.25, 0.3) is 0 Å². The van der Waals surface area contributed by atoms with E-state index in [4.69, 9.17) is 4.74 Å². The van der Waals surface area contributed by atoms with Gasteiger partial charge in [-0.15, -0.1) is 0 Å². The van der Waals surface area contributed by atoms with Gasteiger partial charge in [0.1, 0.15) is 5.82 Å². The van der Waals surface area contributed by atoms with Crippen LogP contribution in [-0.4, -0.2) is 17.8 Å². The number of hydrogen-bond donors (Lipinski definition) is 1. The first-order valence-corrected chi connectivity index (χ1v) is 6.19. The van der Waals surface area contributed by atoms with Crippen molar-refractivity contribution in [3.8, 4) is 0 Å². The lowest BCUT2D eigenvalue weighted by atomic mass is 9.87. The van der Waals surface area contributed by atoms with Gasteiger partial charge in [-0.25, -0.2) is 4.39 Å². The molecular weight excluding hydrogens is 219 g/mol. The number of ether oxygens (including phenoxy) is 1. The lowest BCUT2D eigenvalue weighted by molar-refractivity contribution is 0.0304. The second-order valence-electron chi connectivity index (χ2n) is 4.72. The smallest absolute Gasteiger partial charge is 0.123 e. The highest BCUT2D eigenvalue weighted by atomic mass is 19.1. The highest BCUT2D eigenvalue weighted by Gasteiger charge is 2.34. The average molecular weight is 238 g/mol. The SMILES string of the molecule is CCC1OCCC1C(O)c1cc(F)ccc1C. The fraction of sp³-hybridized carbons (Fsp3) is 0.571. The molecule has 1 saturated heterocycles. The molecule has 1 aliphatic heterocycles. The van der Waals surface area contributed by atoms with Crippen LogP contribution < -0.4 is 0 Å². The van der Waals surface area contributed by atoms with Gasteiger partial charge in [-0.3, -0.25) is 0 Å². The number of aliphatic hydroxyl groups is 1. The molecule has 17 heavy (non-hydrogen) atoms. The zero-order valence-corrected chi connectivity index (χ0v) is 10.3. The molecule has 0 amide bonds. The van der Waals surface area contributed by atoms with E-state index >= 15 is 0 Å². The molecule has 1 aliphatic rings. The first-order valence-electron chi connectivity index (χ1n) is 6.19. The Morgan fingerprint density at radius 3 is 3.00 bits per heavy atom. The van der Waals surface area contributed by atoms with E-state index in [2.05, 4.69) is 0 Å². The highest BCUT2D eigenvalue weighted by molar-refractivity contribution is 5.29. The Hall–Kier alpha value is -0.930. The van der Waals surface area contributed by atoms with E-state index in [1.807, 2.05) is 13.8 Å². The normalized spacial score (nSPS) is 26.1. The topological polar surface area (TPSA) is 29.5 Å². The Balaban J connectivity index is 2.24. The van der Waals surface area contributed by atoms with Gasteiger partial charge in [0, 0.05) is 12.5 Å². The molecule has 1 fully saturated rings. The number of aliphatic hydroxyl groups excluding tert-OH is 1. The predicted molar refractivity (Wildman–Crippen MR) is 64.2 cm³/mol. The number of halogens is 1. The number of aryl methyl sites for hydroxylation is 1. The molecule has 3 unspecified atom stereocenters. The highest BCUT2D eigenvalue weighted by Crippen LogP contribution is 2.36. The first-order chi connectivity index (χ1) is 8.13. The fourth-order valence-electron chi connectivity index (χ4n) is 2.61. The van der Waals surface area contributed by atoms with Crippen LogP contribution in [-0.2, 0) is 4.74 Å². The van der Waals surface area contributed by atoms with Gasteiger partial charge in [0.2, 0.25) is 0 Å².